The fourth-order valence-corrected chi connectivity index (χ4v) is 2.01. The average molecular weight is 288 g/mol. The average Bonchev–Trinajstić information content (AvgIpc) is 2.86. The van der Waals surface area contributed by atoms with Gasteiger partial charge in [-0.2, -0.15) is 0 Å². The number of para-hydroxylation sites is 1. The molecule has 1 amide bonds. The van der Waals surface area contributed by atoms with Crippen molar-refractivity contribution in [2.45, 2.75) is 20.3 Å². The molecule has 2 aromatic rings. The minimum atomic E-state index is -0.262. The van der Waals surface area contributed by atoms with Gasteiger partial charge in [-0.1, -0.05) is 18.2 Å². The summed E-state index contributed by atoms with van der Waals surface area (Å²) < 4.78 is 6.63. The maximum absolute atomic E-state index is 12.0. The summed E-state index contributed by atoms with van der Waals surface area (Å²) in [5.41, 5.74) is 2.01. The monoisotopic (exact) mass is 288 g/mol. The number of hydrogen-bond donors (Lipinski definition) is 1. The Morgan fingerprint density at radius 3 is 2.81 bits per heavy atom. The van der Waals surface area contributed by atoms with E-state index in [2.05, 4.69) is 15.4 Å². The summed E-state index contributed by atoms with van der Waals surface area (Å²) >= 11 is 0. The van der Waals surface area contributed by atoms with E-state index in [1.54, 1.807) is 11.8 Å². The highest BCUT2D eigenvalue weighted by Crippen LogP contribution is 2.14. The van der Waals surface area contributed by atoms with Crippen LogP contribution in [-0.4, -0.2) is 40.9 Å². The van der Waals surface area contributed by atoms with Crippen LogP contribution in [0.4, 0.5) is 0 Å². The van der Waals surface area contributed by atoms with Gasteiger partial charge in [0.15, 0.2) is 0 Å². The number of benzene rings is 1. The lowest BCUT2D eigenvalue weighted by atomic mass is 10.2. The van der Waals surface area contributed by atoms with Crippen LogP contribution in [0.15, 0.2) is 24.3 Å². The zero-order valence-electron chi connectivity index (χ0n) is 12.6. The number of hydrogen-bond acceptors (Lipinski definition) is 4. The van der Waals surface area contributed by atoms with Gasteiger partial charge in [0.25, 0.3) is 5.91 Å². The van der Waals surface area contributed by atoms with Crippen molar-refractivity contribution < 1.29 is 9.53 Å². The number of methoxy groups -OCH3 is 1. The molecule has 1 aromatic heterocycles. The van der Waals surface area contributed by atoms with Crippen LogP contribution in [-0.2, 0) is 4.74 Å². The molecular weight excluding hydrogens is 268 g/mol. The van der Waals surface area contributed by atoms with Gasteiger partial charge >= 0.3 is 0 Å². The predicted molar refractivity (Wildman–Crippen MR) is 79.7 cm³/mol. The van der Waals surface area contributed by atoms with E-state index in [0.29, 0.717) is 19.0 Å². The zero-order chi connectivity index (χ0) is 15.2. The number of nitrogens with zero attached hydrogens (tertiary/aromatic N) is 3. The van der Waals surface area contributed by atoms with E-state index in [0.717, 1.165) is 17.7 Å². The van der Waals surface area contributed by atoms with Crippen molar-refractivity contribution in [3.63, 3.8) is 0 Å². The molecule has 1 N–H and O–H groups in total. The molecule has 2 rings (SSSR count). The second-order valence-corrected chi connectivity index (χ2v) is 4.78. The Morgan fingerprint density at radius 2 is 2.10 bits per heavy atom. The third-order valence-electron chi connectivity index (χ3n) is 3.13. The first-order valence-corrected chi connectivity index (χ1v) is 6.90. The minimum Gasteiger partial charge on any atom is -0.385 e. The number of nitrogens with one attached hydrogen (secondary N) is 1. The summed E-state index contributed by atoms with van der Waals surface area (Å²) in [6.45, 7) is 5.00. The molecule has 0 radical (unpaired) electrons. The van der Waals surface area contributed by atoms with Gasteiger partial charge < -0.3 is 10.1 Å². The van der Waals surface area contributed by atoms with Gasteiger partial charge in [0.1, 0.15) is 5.82 Å². The van der Waals surface area contributed by atoms with Crippen molar-refractivity contribution in [3.8, 4) is 5.69 Å². The van der Waals surface area contributed by atoms with Gasteiger partial charge in [0.05, 0.1) is 5.69 Å². The number of aryl methyl sites for hydroxylation is 2. The molecule has 0 aliphatic carbocycles. The SMILES string of the molecule is COCCCNC(=O)c1nc(C)n(-c2ccccc2C)n1. The Balaban J connectivity index is 2.12. The quantitative estimate of drug-likeness (QED) is 0.821. The standard InChI is InChI=1S/C15H20N4O2/c1-11-7-4-5-8-13(11)19-12(2)17-14(18-19)15(20)16-9-6-10-21-3/h4-5,7-8H,6,9-10H2,1-3H3,(H,16,20). The molecule has 0 aliphatic rings. The lowest BCUT2D eigenvalue weighted by molar-refractivity contribution is 0.0938. The smallest absolute Gasteiger partial charge is 0.290 e. The second-order valence-electron chi connectivity index (χ2n) is 4.78. The van der Waals surface area contributed by atoms with Crippen LogP contribution < -0.4 is 5.32 Å². The summed E-state index contributed by atoms with van der Waals surface area (Å²) in [7, 11) is 1.64. The van der Waals surface area contributed by atoms with Crippen molar-refractivity contribution in [1.82, 2.24) is 20.1 Å². The van der Waals surface area contributed by atoms with Crippen LogP contribution in [0, 0.1) is 13.8 Å². The van der Waals surface area contributed by atoms with Crippen LogP contribution in [0.1, 0.15) is 28.4 Å². The lowest BCUT2D eigenvalue weighted by Crippen LogP contribution is -2.26. The Morgan fingerprint density at radius 1 is 1.33 bits per heavy atom. The molecule has 21 heavy (non-hydrogen) atoms. The molecule has 6 nitrogen and oxygen atoms in total. The summed E-state index contributed by atoms with van der Waals surface area (Å²) in [6.07, 6.45) is 0.764. The third kappa shape index (κ3) is 3.66. The van der Waals surface area contributed by atoms with Crippen molar-refractivity contribution in [3.05, 3.63) is 41.5 Å². The first kappa shape index (κ1) is 15.2. The number of carbonyl (C=O) groups is 1. The van der Waals surface area contributed by atoms with Gasteiger partial charge in [-0.05, 0) is 31.9 Å². The summed E-state index contributed by atoms with van der Waals surface area (Å²) in [5.74, 6) is 0.612. The fourth-order valence-electron chi connectivity index (χ4n) is 2.01. The Kier molecular flexibility index (Phi) is 5.05. The summed E-state index contributed by atoms with van der Waals surface area (Å²) in [4.78, 5) is 16.2. The molecule has 1 aromatic carbocycles. The maximum Gasteiger partial charge on any atom is 0.290 e. The molecule has 0 unspecified atom stereocenters. The summed E-state index contributed by atoms with van der Waals surface area (Å²) in [5, 5.41) is 7.09. The van der Waals surface area contributed by atoms with Crippen molar-refractivity contribution in [1.29, 1.82) is 0 Å². The van der Waals surface area contributed by atoms with Crippen LogP contribution in [0.2, 0.25) is 0 Å². The van der Waals surface area contributed by atoms with Crippen LogP contribution >= 0.6 is 0 Å². The first-order chi connectivity index (χ1) is 10.1. The Hall–Kier alpha value is -2.21. The van der Waals surface area contributed by atoms with Gasteiger partial charge in [-0.3, -0.25) is 4.79 Å². The highest BCUT2D eigenvalue weighted by atomic mass is 16.5. The normalized spacial score (nSPS) is 10.6. The van der Waals surface area contributed by atoms with E-state index in [-0.39, 0.29) is 11.7 Å². The first-order valence-electron chi connectivity index (χ1n) is 6.90. The zero-order valence-corrected chi connectivity index (χ0v) is 12.6. The third-order valence-corrected chi connectivity index (χ3v) is 3.13. The minimum absolute atomic E-state index is 0.188. The molecule has 1 heterocycles. The molecule has 0 saturated carbocycles. The van der Waals surface area contributed by atoms with Crippen LogP contribution in [0.25, 0.3) is 5.69 Å². The van der Waals surface area contributed by atoms with Gasteiger partial charge in [0.2, 0.25) is 5.82 Å². The largest absolute Gasteiger partial charge is 0.385 e. The molecule has 0 bridgehead atoms. The molecule has 0 fully saturated rings. The van der Waals surface area contributed by atoms with Crippen LogP contribution in [0.5, 0.6) is 0 Å². The number of aromatic nitrogens is 3. The fraction of sp³-hybridized carbons (Fsp3) is 0.400. The Labute approximate surface area is 124 Å². The Bertz CT molecular complexity index is 622. The second kappa shape index (κ2) is 6.99. The number of carbonyl (C=O) groups excluding carboxylic acids is 1. The van der Waals surface area contributed by atoms with E-state index < -0.39 is 0 Å². The van der Waals surface area contributed by atoms with E-state index in [1.807, 2.05) is 38.1 Å². The lowest BCUT2D eigenvalue weighted by Gasteiger charge is -2.05. The van der Waals surface area contributed by atoms with Crippen LogP contribution in [0.3, 0.4) is 0 Å². The van der Waals surface area contributed by atoms with E-state index in [1.165, 1.54) is 0 Å². The molecule has 6 heteroatoms. The number of ether oxygens (including phenoxy) is 1. The van der Waals surface area contributed by atoms with E-state index in [4.69, 9.17) is 4.74 Å². The molecule has 0 aliphatic heterocycles. The highest BCUT2D eigenvalue weighted by Gasteiger charge is 2.15. The molecule has 0 spiro atoms. The predicted octanol–water partition coefficient (Wildman–Crippen LogP) is 1.65. The maximum atomic E-state index is 12.0. The van der Waals surface area contributed by atoms with Crippen molar-refractivity contribution in [2.75, 3.05) is 20.3 Å². The van der Waals surface area contributed by atoms with E-state index >= 15 is 0 Å². The molecular formula is C15H20N4O2. The molecule has 0 atom stereocenters. The van der Waals surface area contributed by atoms with Crippen molar-refractivity contribution >= 4 is 5.91 Å². The van der Waals surface area contributed by atoms with Gasteiger partial charge in [0, 0.05) is 20.3 Å². The van der Waals surface area contributed by atoms with Gasteiger partial charge in [-0.15, -0.1) is 5.10 Å². The number of amides is 1. The van der Waals surface area contributed by atoms with E-state index in [9.17, 15) is 4.79 Å². The highest BCUT2D eigenvalue weighted by molar-refractivity contribution is 5.90. The topological polar surface area (TPSA) is 69.0 Å². The summed E-state index contributed by atoms with van der Waals surface area (Å²) in [6, 6.07) is 7.86. The molecule has 0 saturated heterocycles. The number of rotatable bonds is 6. The van der Waals surface area contributed by atoms with Crippen molar-refractivity contribution in [2.24, 2.45) is 0 Å². The van der Waals surface area contributed by atoms with Gasteiger partial charge in [-0.25, -0.2) is 9.67 Å². The molecule has 112 valence electrons.